The van der Waals surface area contributed by atoms with E-state index in [2.05, 4.69) is 46.9 Å². The molecule has 3 atom stereocenters. The predicted octanol–water partition coefficient (Wildman–Crippen LogP) is 4.64. The molecular formula is C23H41NO6Si. The number of ether oxygens (including phenoxy) is 2. The van der Waals surface area contributed by atoms with Gasteiger partial charge in [0, 0.05) is 29.5 Å². The third-order valence-corrected chi connectivity index (χ3v) is 10.6. The largest absolute Gasteiger partial charge is 0.444 e. The van der Waals surface area contributed by atoms with Crippen LogP contribution in [0.25, 0.3) is 0 Å². The highest BCUT2D eigenvalue weighted by Gasteiger charge is 2.62. The number of hydrogen-bond acceptors (Lipinski definition) is 6. The maximum Gasteiger partial charge on any atom is 0.407 e. The molecule has 0 bridgehead atoms. The number of rotatable bonds is 5. The Kier molecular flexibility index (Phi) is 7.84. The van der Waals surface area contributed by atoms with Crippen LogP contribution in [-0.2, 0) is 23.1 Å². The number of Topliss-reactive ketones (excluding diaryl/α,β-unsaturated/α-hetero) is 1. The number of carbonyl (C=O) groups is 2. The lowest BCUT2D eigenvalue weighted by Gasteiger charge is -2.55. The van der Waals surface area contributed by atoms with Crippen LogP contribution in [0.1, 0.15) is 75.2 Å². The summed E-state index contributed by atoms with van der Waals surface area (Å²) in [5.74, 6) is 0.0231. The summed E-state index contributed by atoms with van der Waals surface area (Å²) in [6, 6.07) is 0. The van der Waals surface area contributed by atoms with Gasteiger partial charge in [-0.25, -0.2) is 4.79 Å². The third-order valence-electron chi connectivity index (χ3n) is 5.46. The predicted molar refractivity (Wildman–Crippen MR) is 122 cm³/mol. The molecule has 8 heteroatoms. The fourth-order valence-electron chi connectivity index (χ4n) is 4.35. The van der Waals surface area contributed by atoms with Crippen LogP contribution in [0.5, 0.6) is 0 Å². The average molecular weight is 456 g/mol. The fraction of sp³-hybridized carbons (Fsp3) is 0.826. The van der Waals surface area contributed by atoms with Gasteiger partial charge in [0.2, 0.25) is 0 Å². The Morgan fingerprint density at radius 2 is 1.65 bits per heavy atom. The summed E-state index contributed by atoms with van der Waals surface area (Å²) >= 11 is 0. The molecule has 0 saturated carbocycles. The third kappa shape index (κ3) is 6.63. The number of amides is 1. The van der Waals surface area contributed by atoms with Crippen molar-refractivity contribution in [1.82, 2.24) is 5.32 Å². The Hall–Kier alpha value is -1.22. The number of alkyl carbamates (subject to hydrolysis) is 1. The average Bonchev–Trinajstić information content (AvgIpc) is 2.57. The molecule has 2 aliphatic heterocycles. The SMILES string of the molecule is CC(C)(C)OC(=O)NCCC(=O)C[C@H]1C=C[C@@H]2O[Si](C(C)(C)C)(C(C)(C)C)OC[C@H]2O1. The van der Waals surface area contributed by atoms with Crippen LogP contribution in [0.15, 0.2) is 12.2 Å². The van der Waals surface area contributed by atoms with Gasteiger partial charge in [0.05, 0.1) is 18.8 Å². The zero-order valence-electron chi connectivity index (χ0n) is 20.7. The summed E-state index contributed by atoms with van der Waals surface area (Å²) < 4.78 is 24.4. The van der Waals surface area contributed by atoms with Crippen LogP contribution in [0.4, 0.5) is 4.79 Å². The van der Waals surface area contributed by atoms with Gasteiger partial charge in [0.1, 0.15) is 17.5 Å². The molecule has 2 rings (SSSR count). The molecule has 31 heavy (non-hydrogen) atoms. The number of hydrogen-bond donors (Lipinski definition) is 1. The van der Waals surface area contributed by atoms with E-state index in [0.717, 1.165) is 0 Å². The Morgan fingerprint density at radius 1 is 1.03 bits per heavy atom. The molecular weight excluding hydrogens is 414 g/mol. The quantitative estimate of drug-likeness (QED) is 0.480. The van der Waals surface area contributed by atoms with Crippen molar-refractivity contribution in [2.24, 2.45) is 0 Å². The van der Waals surface area contributed by atoms with Crippen molar-refractivity contribution in [1.29, 1.82) is 0 Å². The number of nitrogens with one attached hydrogen (secondary N) is 1. The summed E-state index contributed by atoms with van der Waals surface area (Å²) in [7, 11) is -2.54. The summed E-state index contributed by atoms with van der Waals surface area (Å²) in [6.07, 6.45) is 3.27. The zero-order valence-corrected chi connectivity index (χ0v) is 21.7. The second kappa shape index (κ2) is 9.33. The maximum absolute atomic E-state index is 12.3. The molecule has 1 saturated heterocycles. The summed E-state index contributed by atoms with van der Waals surface area (Å²) in [6.45, 7) is 19.2. The molecule has 0 unspecified atom stereocenters. The van der Waals surface area contributed by atoms with E-state index in [1.54, 1.807) is 20.8 Å². The highest BCUT2D eigenvalue weighted by atomic mass is 28.4. The van der Waals surface area contributed by atoms with E-state index in [1.807, 2.05) is 12.2 Å². The molecule has 0 aromatic carbocycles. The molecule has 1 N–H and O–H groups in total. The van der Waals surface area contributed by atoms with E-state index >= 15 is 0 Å². The zero-order chi connectivity index (χ0) is 23.7. The minimum Gasteiger partial charge on any atom is -0.444 e. The normalized spacial score (nSPS) is 26.2. The molecule has 0 spiro atoms. The Bertz CT molecular complexity index is 672. The van der Waals surface area contributed by atoms with E-state index in [9.17, 15) is 9.59 Å². The first-order chi connectivity index (χ1) is 14.0. The van der Waals surface area contributed by atoms with Crippen molar-refractivity contribution in [3.05, 3.63) is 12.2 Å². The molecule has 2 aliphatic rings. The molecule has 0 radical (unpaired) electrons. The minimum absolute atomic E-state index is 0.0231. The first kappa shape index (κ1) is 26.0. The van der Waals surface area contributed by atoms with Crippen LogP contribution < -0.4 is 5.32 Å². The van der Waals surface area contributed by atoms with Gasteiger partial charge in [-0.1, -0.05) is 53.7 Å². The Balaban J connectivity index is 1.89. The van der Waals surface area contributed by atoms with E-state index in [0.29, 0.717) is 6.61 Å². The second-order valence-electron chi connectivity index (χ2n) is 11.5. The van der Waals surface area contributed by atoms with Crippen LogP contribution in [0, 0.1) is 0 Å². The van der Waals surface area contributed by atoms with Crippen molar-refractivity contribution in [3.8, 4) is 0 Å². The van der Waals surface area contributed by atoms with Crippen molar-refractivity contribution in [3.63, 3.8) is 0 Å². The standard InChI is InChI=1S/C23H41NO6Si/c1-21(2,3)29-20(26)24-13-12-16(25)14-17-10-11-18-19(28-17)15-27-31(30-18,22(4,5)6)23(7,8)9/h10-11,17-19H,12-15H2,1-9H3,(H,24,26)/t17-,18+,19-/m1/s1. The Labute approximate surface area is 188 Å². The van der Waals surface area contributed by atoms with Gasteiger partial charge in [-0.05, 0) is 20.8 Å². The highest BCUT2D eigenvalue weighted by molar-refractivity contribution is 6.73. The van der Waals surface area contributed by atoms with E-state index in [4.69, 9.17) is 18.3 Å². The first-order valence-electron chi connectivity index (χ1n) is 11.2. The van der Waals surface area contributed by atoms with Crippen LogP contribution >= 0.6 is 0 Å². The lowest BCUT2D eigenvalue weighted by molar-refractivity contribution is -0.132. The van der Waals surface area contributed by atoms with Gasteiger partial charge in [0.25, 0.3) is 0 Å². The molecule has 1 fully saturated rings. The molecule has 7 nitrogen and oxygen atoms in total. The monoisotopic (exact) mass is 455 g/mol. The summed E-state index contributed by atoms with van der Waals surface area (Å²) in [4.78, 5) is 24.0. The molecule has 0 aromatic rings. The fourth-order valence-corrected chi connectivity index (χ4v) is 9.26. The van der Waals surface area contributed by atoms with Crippen molar-refractivity contribution < 1.29 is 27.9 Å². The second-order valence-corrected chi connectivity index (χ2v) is 16.3. The number of fused-ring (bicyclic) bond motifs is 1. The van der Waals surface area contributed by atoms with Crippen LogP contribution in [-0.4, -0.2) is 57.5 Å². The Morgan fingerprint density at radius 3 is 2.19 bits per heavy atom. The molecule has 0 aliphatic carbocycles. The first-order valence-corrected chi connectivity index (χ1v) is 13.0. The summed E-state index contributed by atoms with van der Waals surface area (Å²) in [5, 5.41) is 2.44. The molecule has 0 aromatic heterocycles. The van der Waals surface area contributed by atoms with Gasteiger partial charge in [-0.3, -0.25) is 4.79 Å². The lowest BCUT2D eigenvalue weighted by Crippen LogP contribution is -2.65. The summed E-state index contributed by atoms with van der Waals surface area (Å²) in [5.41, 5.74) is -0.560. The van der Waals surface area contributed by atoms with Gasteiger partial charge in [-0.15, -0.1) is 0 Å². The van der Waals surface area contributed by atoms with Crippen LogP contribution in [0.3, 0.4) is 0 Å². The van der Waals surface area contributed by atoms with Gasteiger partial charge >= 0.3 is 14.7 Å². The van der Waals surface area contributed by atoms with E-state index in [1.165, 1.54) is 0 Å². The minimum atomic E-state index is -2.54. The van der Waals surface area contributed by atoms with Gasteiger partial charge in [-0.2, -0.15) is 0 Å². The highest BCUT2D eigenvalue weighted by Crippen LogP contribution is 2.54. The topological polar surface area (TPSA) is 83.1 Å². The van der Waals surface area contributed by atoms with Crippen molar-refractivity contribution in [2.45, 2.75) is 109 Å². The molecule has 178 valence electrons. The van der Waals surface area contributed by atoms with E-state index in [-0.39, 0.29) is 53.6 Å². The number of ketones is 1. The van der Waals surface area contributed by atoms with Crippen molar-refractivity contribution in [2.75, 3.05) is 13.2 Å². The maximum atomic E-state index is 12.3. The smallest absolute Gasteiger partial charge is 0.407 e. The van der Waals surface area contributed by atoms with E-state index < -0.39 is 20.3 Å². The lowest BCUT2D eigenvalue weighted by atomic mass is 10.0. The van der Waals surface area contributed by atoms with Gasteiger partial charge in [0.15, 0.2) is 0 Å². The number of carbonyl (C=O) groups excluding carboxylic acids is 2. The molecule has 1 amide bonds. The molecule has 2 heterocycles. The van der Waals surface area contributed by atoms with Crippen molar-refractivity contribution >= 4 is 20.4 Å². The van der Waals surface area contributed by atoms with Gasteiger partial charge < -0.3 is 23.6 Å². The van der Waals surface area contributed by atoms with Crippen LogP contribution in [0.2, 0.25) is 10.1 Å².